The molecule has 0 bridgehead atoms. The average molecular weight is 233 g/mol. The van der Waals surface area contributed by atoms with E-state index >= 15 is 0 Å². The first kappa shape index (κ1) is 11.6. The van der Waals surface area contributed by atoms with Gasteiger partial charge >= 0.3 is 0 Å². The molecule has 2 aromatic rings. The van der Waals surface area contributed by atoms with Gasteiger partial charge in [-0.15, -0.1) is 0 Å². The van der Waals surface area contributed by atoms with Crippen molar-refractivity contribution in [1.82, 2.24) is 9.55 Å². The van der Waals surface area contributed by atoms with Crippen molar-refractivity contribution >= 4 is 10.9 Å². The van der Waals surface area contributed by atoms with Gasteiger partial charge in [-0.2, -0.15) is 0 Å². The first-order chi connectivity index (χ1) is 8.15. The highest BCUT2D eigenvalue weighted by atomic mass is 16.3. The number of phenolic OH excluding ortho intramolecular Hbond substituents is 1. The smallest absolute Gasteiger partial charge is 0.261 e. The van der Waals surface area contributed by atoms with Gasteiger partial charge in [0.2, 0.25) is 0 Å². The number of phenols is 1. The van der Waals surface area contributed by atoms with Crippen LogP contribution in [-0.2, 0) is 13.5 Å². The summed E-state index contributed by atoms with van der Waals surface area (Å²) in [7, 11) is 1.69. The first-order valence-corrected chi connectivity index (χ1v) is 5.53. The summed E-state index contributed by atoms with van der Waals surface area (Å²) in [4.78, 5) is 16.4. The Morgan fingerprint density at radius 3 is 2.94 bits per heavy atom. The van der Waals surface area contributed by atoms with E-state index in [9.17, 15) is 9.90 Å². The second-order valence-corrected chi connectivity index (χ2v) is 3.96. The van der Waals surface area contributed by atoms with Gasteiger partial charge < -0.3 is 10.8 Å². The lowest BCUT2D eigenvalue weighted by atomic mass is 10.2. The monoisotopic (exact) mass is 233 g/mol. The number of nitrogens with two attached hydrogens (primary N) is 1. The summed E-state index contributed by atoms with van der Waals surface area (Å²) in [6.45, 7) is 0.550. The molecule has 0 amide bonds. The molecule has 3 N–H and O–H groups in total. The molecule has 0 unspecified atom stereocenters. The highest BCUT2D eigenvalue weighted by Gasteiger charge is 2.10. The molecule has 0 fully saturated rings. The highest BCUT2D eigenvalue weighted by Crippen LogP contribution is 2.19. The van der Waals surface area contributed by atoms with Gasteiger partial charge in [0.05, 0.1) is 5.39 Å². The van der Waals surface area contributed by atoms with Crippen LogP contribution in [0, 0.1) is 0 Å². The second kappa shape index (κ2) is 4.55. The van der Waals surface area contributed by atoms with E-state index in [4.69, 9.17) is 5.73 Å². The number of hydrogen-bond donors (Lipinski definition) is 2. The third-order valence-electron chi connectivity index (χ3n) is 2.78. The minimum Gasteiger partial charge on any atom is -0.506 e. The summed E-state index contributed by atoms with van der Waals surface area (Å²) in [5.41, 5.74) is 5.67. The van der Waals surface area contributed by atoms with Crippen molar-refractivity contribution in [2.75, 3.05) is 6.54 Å². The summed E-state index contributed by atoms with van der Waals surface area (Å²) < 4.78 is 1.51. The molecule has 1 heterocycles. The summed E-state index contributed by atoms with van der Waals surface area (Å²) in [5.74, 6) is 0.684. The number of hydrogen-bond acceptors (Lipinski definition) is 4. The van der Waals surface area contributed by atoms with Crippen molar-refractivity contribution in [1.29, 1.82) is 0 Å². The molecule has 2 rings (SSSR count). The predicted octanol–water partition coefficient (Wildman–Crippen LogP) is 0.530. The number of para-hydroxylation sites is 1. The van der Waals surface area contributed by atoms with Gasteiger partial charge in [-0.05, 0) is 25.1 Å². The van der Waals surface area contributed by atoms with Gasteiger partial charge in [0.1, 0.15) is 17.1 Å². The molecule has 0 saturated carbocycles. The Hall–Kier alpha value is -1.88. The summed E-state index contributed by atoms with van der Waals surface area (Å²) >= 11 is 0. The number of fused-ring (bicyclic) bond motifs is 1. The molecular formula is C12H15N3O2. The molecule has 5 heteroatoms. The average Bonchev–Trinajstić information content (AvgIpc) is 2.33. The Morgan fingerprint density at radius 2 is 2.24 bits per heavy atom. The molecule has 0 aliphatic rings. The largest absolute Gasteiger partial charge is 0.506 e. The Kier molecular flexibility index (Phi) is 3.10. The summed E-state index contributed by atoms with van der Waals surface area (Å²) in [6.07, 6.45) is 1.39. The van der Waals surface area contributed by atoms with Crippen LogP contribution in [0.2, 0.25) is 0 Å². The standard InChI is InChI=1S/C12H15N3O2/c1-15-10(6-3-7-13)14-11-8(12(15)17)4-2-5-9(11)16/h2,4-5,16H,3,6-7,13H2,1H3. The molecular weight excluding hydrogens is 218 g/mol. The second-order valence-electron chi connectivity index (χ2n) is 3.96. The predicted molar refractivity (Wildman–Crippen MR) is 66.0 cm³/mol. The summed E-state index contributed by atoms with van der Waals surface area (Å²) in [5, 5.41) is 10.1. The Morgan fingerprint density at radius 1 is 1.47 bits per heavy atom. The van der Waals surface area contributed by atoms with Crippen LogP contribution >= 0.6 is 0 Å². The minimum atomic E-state index is -0.141. The molecule has 0 atom stereocenters. The van der Waals surface area contributed by atoms with E-state index in [1.54, 1.807) is 19.2 Å². The van der Waals surface area contributed by atoms with Crippen molar-refractivity contribution in [3.8, 4) is 5.75 Å². The van der Waals surface area contributed by atoms with E-state index in [2.05, 4.69) is 4.98 Å². The van der Waals surface area contributed by atoms with Gasteiger partial charge in [-0.25, -0.2) is 4.98 Å². The molecule has 0 aliphatic carbocycles. The van der Waals surface area contributed by atoms with E-state index in [1.165, 1.54) is 10.6 Å². The van der Waals surface area contributed by atoms with Gasteiger partial charge in [-0.1, -0.05) is 6.07 Å². The number of aryl methyl sites for hydroxylation is 1. The Labute approximate surface area is 98.5 Å². The van der Waals surface area contributed by atoms with Crippen molar-refractivity contribution < 1.29 is 5.11 Å². The van der Waals surface area contributed by atoms with Crippen LogP contribution in [0.15, 0.2) is 23.0 Å². The minimum absolute atomic E-state index is 0.0363. The van der Waals surface area contributed by atoms with Crippen LogP contribution < -0.4 is 11.3 Å². The molecule has 0 aliphatic heterocycles. The van der Waals surface area contributed by atoms with Gasteiger partial charge in [-0.3, -0.25) is 9.36 Å². The third kappa shape index (κ3) is 2.01. The third-order valence-corrected chi connectivity index (χ3v) is 2.78. The Bertz CT molecular complexity index is 604. The molecule has 1 aromatic carbocycles. The maximum atomic E-state index is 12.0. The van der Waals surface area contributed by atoms with Crippen molar-refractivity contribution in [3.05, 3.63) is 34.4 Å². The lowest BCUT2D eigenvalue weighted by molar-refractivity contribution is 0.479. The van der Waals surface area contributed by atoms with Crippen LogP contribution in [0.4, 0.5) is 0 Å². The zero-order valence-electron chi connectivity index (χ0n) is 9.68. The van der Waals surface area contributed by atoms with Crippen molar-refractivity contribution in [2.24, 2.45) is 12.8 Å². The zero-order chi connectivity index (χ0) is 12.4. The topological polar surface area (TPSA) is 81.1 Å². The molecule has 17 heavy (non-hydrogen) atoms. The molecule has 90 valence electrons. The Balaban J connectivity index is 2.68. The number of aromatic hydroxyl groups is 1. The molecule has 1 aromatic heterocycles. The van der Waals surface area contributed by atoms with E-state index in [0.717, 1.165) is 6.42 Å². The molecule has 0 saturated heterocycles. The van der Waals surface area contributed by atoms with Gasteiger partial charge in [0.15, 0.2) is 0 Å². The van der Waals surface area contributed by atoms with Crippen LogP contribution in [0.5, 0.6) is 5.75 Å². The number of aromatic nitrogens is 2. The van der Waals surface area contributed by atoms with Crippen LogP contribution in [0.3, 0.4) is 0 Å². The zero-order valence-corrected chi connectivity index (χ0v) is 9.68. The normalized spacial score (nSPS) is 10.9. The van der Waals surface area contributed by atoms with E-state index in [1.807, 2.05) is 0 Å². The lowest BCUT2D eigenvalue weighted by Gasteiger charge is -2.09. The highest BCUT2D eigenvalue weighted by molar-refractivity contribution is 5.83. The number of benzene rings is 1. The van der Waals surface area contributed by atoms with Crippen LogP contribution in [0.25, 0.3) is 10.9 Å². The molecule has 5 nitrogen and oxygen atoms in total. The van der Waals surface area contributed by atoms with E-state index in [0.29, 0.717) is 29.7 Å². The lowest BCUT2D eigenvalue weighted by Crippen LogP contribution is -2.22. The first-order valence-electron chi connectivity index (χ1n) is 5.53. The van der Waals surface area contributed by atoms with Crippen molar-refractivity contribution in [3.63, 3.8) is 0 Å². The van der Waals surface area contributed by atoms with Gasteiger partial charge in [0.25, 0.3) is 5.56 Å². The van der Waals surface area contributed by atoms with Gasteiger partial charge in [0, 0.05) is 13.5 Å². The maximum Gasteiger partial charge on any atom is 0.261 e. The molecule has 0 spiro atoms. The van der Waals surface area contributed by atoms with Crippen molar-refractivity contribution in [2.45, 2.75) is 12.8 Å². The summed E-state index contributed by atoms with van der Waals surface area (Å²) in [6, 6.07) is 4.83. The molecule has 0 radical (unpaired) electrons. The van der Waals surface area contributed by atoms with E-state index in [-0.39, 0.29) is 11.3 Å². The fourth-order valence-electron chi connectivity index (χ4n) is 1.81. The number of rotatable bonds is 3. The van der Waals surface area contributed by atoms with Crippen LogP contribution in [-0.4, -0.2) is 21.2 Å². The van der Waals surface area contributed by atoms with E-state index < -0.39 is 0 Å². The quantitative estimate of drug-likeness (QED) is 0.810. The fraction of sp³-hybridized carbons (Fsp3) is 0.333. The SMILES string of the molecule is Cn1c(CCCN)nc2c(O)cccc2c1=O. The fourth-order valence-corrected chi connectivity index (χ4v) is 1.81. The van der Waals surface area contributed by atoms with Crippen LogP contribution in [0.1, 0.15) is 12.2 Å². The maximum absolute atomic E-state index is 12.0. The number of nitrogens with zero attached hydrogens (tertiary/aromatic N) is 2.